The lowest BCUT2D eigenvalue weighted by Gasteiger charge is -2.23. The van der Waals surface area contributed by atoms with Crippen LogP contribution in [0.2, 0.25) is 20.4 Å². The normalized spacial score (nSPS) is 11.9. The lowest BCUT2D eigenvalue weighted by Crippen LogP contribution is -2.01. The predicted molar refractivity (Wildman–Crippen MR) is 92.2 cm³/mol. The summed E-state index contributed by atoms with van der Waals surface area (Å²) in [4.78, 5) is 7.63. The van der Waals surface area contributed by atoms with E-state index in [9.17, 15) is 8.42 Å². The maximum absolute atomic E-state index is 12.5. The molecule has 0 bridgehead atoms. The lowest BCUT2D eigenvalue weighted by molar-refractivity contribution is 0.594. The molecule has 2 aromatic heterocycles. The number of fused-ring (bicyclic) bond motifs is 1. The van der Waals surface area contributed by atoms with Crippen molar-refractivity contribution in [3.05, 3.63) is 48.8 Å². The van der Waals surface area contributed by atoms with Crippen molar-refractivity contribution in [2.75, 3.05) is 0 Å². The number of sulfonamides is 1. The second-order valence-electron chi connectivity index (χ2n) is 4.60. The van der Waals surface area contributed by atoms with Crippen molar-refractivity contribution in [3.63, 3.8) is 0 Å². The van der Waals surface area contributed by atoms with Gasteiger partial charge in [0.1, 0.15) is 10.3 Å². The zero-order valence-electron chi connectivity index (χ0n) is 11.7. The maximum Gasteiger partial charge on any atom is 0.256 e. The van der Waals surface area contributed by atoms with Crippen molar-refractivity contribution in [3.8, 4) is 0 Å². The van der Waals surface area contributed by atoms with Gasteiger partial charge >= 0.3 is 0 Å². The summed E-state index contributed by atoms with van der Waals surface area (Å²) in [5.41, 5.74) is 0.531. The minimum absolute atomic E-state index is 0.0468. The van der Waals surface area contributed by atoms with Gasteiger partial charge in [-0.05, 0) is 18.6 Å². The van der Waals surface area contributed by atoms with Crippen LogP contribution in [-0.4, -0.2) is 28.0 Å². The van der Waals surface area contributed by atoms with Gasteiger partial charge in [0.2, 0.25) is 0 Å². The predicted octanol–water partition coefficient (Wildman–Crippen LogP) is 4.44. The van der Waals surface area contributed by atoms with Crippen LogP contribution in [-0.2, 0) is 10.0 Å². The van der Waals surface area contributed by atoms with Gasteiger partial charge in [0.05, 0.1) is 0 Å². The molecule has 0 saturated carbocycles. The van der Waals surface area contributed by atoms with Gasteiger partial charge in [-0.3, -0.25) is 0 Å². The SMILES string of the molecule is Cc1ccc(Cl)c([N-]S(=O)(=O)c2nc3nc(Cl)cc(Cl)n3n2)c1Cl. The van der Waals surface area contributed by atoms with Gasteiger partial charge in [-0.25, -0.2) is 8.42 Å². The van der Waals surface area contributed by atoms with E-state index in [1.54, 1.807) is 13.0 Å². The number of aryl methyl sites for hydroxylation is 1. The van der Waals surface area contributed by atoms with Gasteiger partial charge in [0, 0.05) is 16.1 Å². The van der Waals surface area contributed by atoms with Crippen LogP contribution in [0.15, 0.2) is 23.4 Å². The molecule has 0 spiro atoms. The standard InChI is InChI=1S/C12H6Cl4N5O2S/c1-5-2-3-6(13)10(9(5)16)20-24(22,23)12-18-11-17-7(14)4-8(15)21(11)19-12/h2-4H,1H3/q-1. The number of aromatic nitrogens is 4. The first-order valence-corrected chi connectivity index (χ1v) is 9.15. The van der Waals surface area contributed by atoms with Gasteiger partial charge in [-0.15, -0.1) is 5.10 Å². The first kappa shape index (κ1) is 17.5. The number of hydrogen-bond donors (Lipinski definition) is 0. The van der Waals surface area contributed by atoms with E-state index in [2.05, 4.69) is 19.8 Å². The van der Waals surface area contributed by atoms with E-state index >= 15 is 0 Å². The van der Waals surface area contributed by atoms with Crippen molar-refractivity contribution < 1.29 is 8.42 Å². The van der Waals surface area contributed by atoms with Crippen molar-refractivity contribution >= 4 is 67.9 Å². The molecule has 0 aliphatic carbocycles. The summed E-state index contributed by atoms with van der Waals surface area (Å²) in [5, 5.41) is 3.48. The molecule has 0 unspecified atom stereocenters. The van der Waals surface area contributed by atoms with Crippen LogP contribution in [0.4, 0.5) is 5.69 Å². The van der Waals surface area contributed by atoms with E-state index in [0.717, 1.165) is 4.52 Å². The highest BCUT2D eigenvalue weighted by Crippen LogP contribution is 2.41. The van der Waals surface area contributed by atoms with E-state index < -0.39 is 15.2 Å². The summed E-state index contributed by atoms with van der Waals surface area (Å²) in [7, 11) is -4.30. The van der Waals surface area contributed by atoms with E-state index in [-0.39, 0.29) is 31.8 Å². The topological polar surface area (TPSA) is 91.3 Å². The maximum atomic E-state index is 12.5. The Labute approximate surface area is 156 Å². The van der Waals surface area contributed by atoms with Crippen LogP contribution in [0.25, 0.3) is 10.5 Å². The third-order valence-corrected chi connectivity index (χ3v) is 5.22. The summed E-state index contributed by atoms with van der Waals surface area (Å²) in [6.07, 6.45) is 0. The monoisotopic (exact) mass is 424 g/mol. The number of rotatable bonds is 3. The van der Waals surface area contributed by atoms with Crippen molar-refractivity contribution in [2.45, 2.75) is 12.1 Å². The molecule has 2 heterocycles. The second kappa shape index (κ2) is 6.20. The third kappa shape index (κ3) is 3.12. The Bertz CT molecular complexity index is 1070. The van der Waals surface area contributed by atoms with Crippen molar-refractivity contribution in [1.82, 2.24) is 19.6 Å². The summed E-state index contributed by atoms with van der Waals surface area (Å²) in [6.45, 7) is 1.69. The molecule has 0 saturated heterocycles. The number of hydrogen-bond acceptors (Lipinski definition) is 5. The minimum atomic E-state index is -4.30. The highest BCUT2D eigenvalue weighted by molar-refractivity contribution is 7.94. The Morgan fingerprint density at radius 1 is 1.12 bits per heavy atom. The van der Waals surface area contributed by atoms with E-state index in [0.29, 0.717) is 5.56 Å². The van der Waals surface area contributed by atoms with Gasteiger partial charge in [0.15, 0.2) is 10.0 Å². The zero-order chi connectivity index (χ0) is 17.6. The number of nitrogens with zero attached hydrogens (tertiary/aromatic N) is 5. The first-order valence-electron chi connectivity index (χ1n) is 6.20. The molecule has 126 valence electrons. The Balaban J connectivity index is 2.09. The summed E-state index contributed by atoms with van der Waals surface area (Å²) < 4.78 is 29.6. The molecule has 12 heteroatoms. The third-order valence-electron chi connectivity index (χ3n) is 2.92. The summed E-state index contributed by atoms with van der Waals surface area (Å²) in [6, 6.07) is 4.43. The van der Waals surface area contributed by atoms with Crippen LogP contribution in [0, 0.1) is 6.92 Å². The zero-order valence-corrected chi connectivity index (χ0v) is 15.5. The second-order valence-corrected chi connectivity index (χ2v) is 7.66. The smallest absolute Gasteiger partial charge is 0.256 e. The average Bonchev–Trinajstić information content (AvgIpc) is 2.93. The number of benzene rings is 1. The molecule has 0 aliphatic rings. The number of halogens is 4. The molecule has 7 nitrogen and oxygen atoms in total. The van der Waals surface area contributed by atoms with E-state index in [1.807, 2.05) is 0 Å². The molecule has 0 aliphatic heterocycles. The van der Waals surface area contributed by atoms with Crippen LogP contribution in [0.3, 0.4) is 0 Å². The van der Waals surface area contributed by atoms with Gasteiger partial charge in [0.25, 0.3) is 10.9 Å². The van der Waals surface area contributed by atoms with Crippen molar-refractivity contribution in [2.24, 2.45) is 0 Å². The first-order chi connectivity index (χ1) is 11.2. The molecule has 0 radical (unpaired) electrons. The molecule has 0 fully saturated rings. The van der Waals surface area contributed by atoms with Crippen LogP contribution < -0.4 is 0 Å². The fourth-order valence-electron chi connectivity index (χ4n) is 1.78. The van der Waals surface area contributed by atoms with Crippen LogP contribution in [0.1, 0.15) is 5.56 Å². The summed E-state index contributed by atoms with van der Waals surface area (Å²) >= 11 is 23.7. The van der Waals surface area contributed by atoms with Crippen LogP contribution >= 0.6 is 46.4 Å². The molecule has 3 aromatic rings. The van der Waals surface area contributed by atoms with Gasteiger partial charge in [-0.1, -0.05) is 58.2 Å². The Morgan fingerprint density at radius 2 is 1.83 bits per heavy atom. The van der Waals surface area contributed by atoms with Gasteiger partial charge in [-0.2, -0.15) is 14.5 Å². The lowest BCUT2D eigenvalue weighted by atomic mass is 10.2. The molecule has 0 atom stereocenters. The van der Waals surface area contributed by atoms with E-state index in [1.165, 1.54) is 12.1 Å². The van der Waals surface area contributed by atoms with Crippen LogP contribution in [0.5, 0.6) is 0 Å². The molecule has 0 amide bonds. The highest BCUT2D eigenvalue weighted by atomic mass is 35.5. The van der Waals surface area contributed by atoms with E-state index in [4.69, 9.17) is 46.4 Å². The summed E-state index contributed by atoms with van der Waals surface area (Å²) in [5.74, 6) is -0.0808. The Kier molecular flexibility index (Phi) is 4.52. The molecule has 1 aromatic carbocycles. The fourth-order valence-corrected chi connectivity index (χ4v) is 3.68. The Morgan fingerprint density at radius 3 is 2.54 bits per heavy atom. The minimum Gasteiger partial charge on any atom is -0.568 e. The highest BCUT2D eigenvalue weighted by Gasteiger charge is 2.17. The fraction of sp³-hybridized carbons (Fsp3) is 0.0833. The quantitative estimate of drug-likeness (QED) is 0.578. The van der Waals surface area contributed by atoms with Gasteiger partial charge < -0.3 is 4.72 Å². The molecule has 24 heavy (non-hydrogen) atoms. The average molecular weight is 426 g/mol. The Hall–Kier alpha value is -1.32. The molecular weight excluding hydrogens is 420 g/mol. The molecular formula is C12H6Cl4N5O2S-. The van der Waals surface area contributed by atoms with Crippen molar-refractivity contribution in [1.29, 1.82) is 0 Å². The largest absolute Gasteiger partial charge is 0.568 e. The molecule has 3 rings (SSSR count). The molecule has 0 N–H and O–H groups in total.